The maximum atomic E-state index is 12.6. The van der Waals surface area contributed by atoms with Crippen molar-refractivity contribution in [1.29, 1.82) is 0 Å². The molecule has 7 heteroatoms. The van der Waals surface area contributed by atoms with Crippen LogP contribution in [0.15, 0.2) is 18.2 Å². The molecule has 3 rings (SSSR count). The Bertz CT molecular complexity index is 664. The molecular weight excluding hydrogens is 322 g/mol. The fourth-order valence-corrected chi connectivity index (χ4v) is 3.53. The van der Waals surface area contributed by atoms with Crippen molar-refractivity contribution in [3.8, 4) is 5.75 Å². The first-order valence-electron chi connectivity index (χ1n) is 8.71. The largest absolute Gasteiger partial charge is 0.497 e. The molecule has 1 atom stereocenters. The number of hydrogen-bond acceptors (Lipinski definition) is 4. The van der Waals surface area contributed by atoms with Gasteiger partial charge in [-0.1, -0.05) is 0 Å². The summed E-state index contributed by atoms with van der Waals surface area (Å²) in [6.07, 6.45) is 1.39. The Balaban J connectivity index is 1.66. The number of rotatable bonds is 6. The lowest BCUT2D eigenvalue weighted by molar-refractivity contribution is -0.120. The van der Waals surface area contributed by atoms with Crippen molar-refractivity contribution in [1.82, 2.24) is 10.2 Å². The number of fused-ring (bicyclic) bond motifs is 2. The number of methoxy groups -OCH3 is 1. The van der Waals surface area contributed by atoms with Crippen LogP contribution in [0.3, 0.4) is 0 Å². The molecule has 7 nitrogen and oxygen atoms in total. The van der Waals surface area contributed by atoms with Gasteiger partial charge in [0, 0.05) is 38.5 Å². The van der Waals surface area contributed by atoms with E-state index in [1.165, 1.54) is 0 Å². The average molecular weight is 347 g/mol. The van der Waals surface area contributed by atoms with Crippen LogP contribution in [-0.4, -0.2) is 56.8 Å². The highest BCUT2D eigenvalue weighted by molar-refractivity contribution is 6.07. The van der Waals surface area contributed by atoms with Gasteiger partial charge in [-0.25, -0.2) is 4.79 Å². The van der Waals surface area contributed by atoms with Gasteiger partial charge in [-0.15, -0.1) is 0 Å². The van der Waals surface area contributed by atoms with Crippen molar-refractivity contribution >= 4 is 17.6 Å². The van der Waals surface area contributed by atoms with Gasteiger partial charge in [0.25, 0.3) is 0 Å². The van der Waals surface area contributed by atoms with E-state index >= 15 is 0 Å². The van der Waals surface area contributed by atoms with Crippen LogP contribution in [-0.2, 0) is 14.9 Å². The van der Waals surface area contributed by atoms with Crippen LogP contribution in [0.25, 0.3) is 0 Å². The lowest BCUT2D eigenvalue weighted by Crippen LogP contribution is -2.43. The normalized spacial score (nSPS) is 21.4. The molecule has 0 aromatic heterocycles. The summed E-state index contributed by atoms with van der Waals surface area (Å²) in [4.78, 5) is 26.7. The molecule has 136 valence electrons. The number of likely N-dealkylation sites (tertiary alicyclic amines) is 1. The molecule has 2 aliphatic rings. The van der Waals surface area contributed by atoms with E-state index in [1.807, 2.05) is 25.1 Å². The molecule has 25 heavy (non-hydrogen) atoms. The van der Waals surface area contributed by atoms with Gasteiger partial charge in [-0.3, -0.25) is 4.79 Å². The molecule has 3 amide bonds. The molecule has 0 aliphatic carbocycles. The minimum Gasteiger partial charge on any atom is -0.497 e. The lowest BCUT2D eigenvalue weighted by atomic mass is 9.81. The first-order valence-corrected chi connectivity index (χ1v) is 8.71. The number of anilines is 1. The second-order valence-electron chi connectivity index (χ2n) is 6.40. The molecule has 1 saturated heterocycles. The predicted molar refractivity (Wildman–Crippen MR) is 94.0 cm³/mol. The highest BCUT2D eigenvalue weighted by atomic mass is 16.5. The van der Waals surface area contributed by atoms with Gasteiger partial charge in [0.1, 0.15) is 5.75 Å². The standard InChI is InChI=1S/C18H25N3O4/c1-3-25-10-4-8-19-17(23)21-9-7-18(12-21)14-11-13(24-2)5-6-15(14)20-16(18)22/h5-6,11H,3-4,7-10,12H2,1-2H3,(H,19,23)(H,20,22). The SMILES string of the molecule is CCOCCCNC(=O)N1CCC2(C1)C(=O)Nc1ccc(OC)cc12. The third-order valence-corrected chi connectivity index (χ3v) is 4.93. The summed E-state index contributed by atoms with van der Waals surface area (Å²) in [5, 5.41) is 5.84. The topological polar surface area (TPSA) is 79.9 Å². The molecule has 2 heterocycles. The maximum absolute atomic E-state index is 12.6. The van der Waals surface area contributed by atoms with Crippen LogP contribution in [0.5, 0.6) is 5.75 Å². The molecule has 1 unspecified atom stereocenters. The Morgan fingerprint density at radius 3 is 3.04 bits per heavy atom. The van der Waals surface area contributed by atoms with Crippen LogP contribution in [0.4, 0.5) is 10.5 Å². The third kappa shape index (κ3) is 3.28. The van der Waals surface area contributed by atoms with Crippen LogP contribution in [0.1, 0.15) is 25.3 Å². The van der Waals surface area contributed by atoms with Crippen molar-refractivity contribution < 1.29 is 19.1 Å². The van der Waals surface area contributed by atoms with Gasteiger partial charge in [-0.05, 0) is 43.5 Å². The zero-order valence-corrected chi connectivity index (χ0v) is 14.8. The Labute approximate surface area is 147 Å². The smallest absolute Gasteiger partial charge is 0.317 e. The minimum atomic E-state index is -0.674. The number of urea groups is 1. The van der Waals surface area contributed by atoms with Crippen LogP contribution < -0.4 is 15.4 Å². The predicted octanol–water partition coefficient (Wildman–Crippen LogP) is 1.73. The summed E-state index contributed by atoms with van der Waals surface area (Å²) >= 11 is 0. The molecular formula is C18H25N3O4. The van der Waals surface area contributed by atoms with E-state index < -0.39 is 5.41 Å². The lowest BCUT2D eigenvalue weighted by Gasteiger charge is -2.23. The highest BCUT2D eigenvalue weighted by Crippen LogP contribution is 2.45. The zero-order chi connectivity index (χ0) is 17.9. The first kappa shape index (κ1) is 17.5. The van der Waals surface area contributed by atoms with Crippen molar-refractivity contribution in [3.05, 3.63) is 23.8 Å². The molecule has 1 fully saturated rings. The molecule has 1 spiro atoms. The molecule has 1 aromatic rings. The number of nitrogens with one attached hydrogen (secondary N) is 2. The number of carbonyl (C=O) groups excluding carboxylic acids is 2. The summed E-state index contributed by atoms with van der Waals surface area (Å²) < 4.78 is 10.6. The van der Waals surface area contributed by atoms with Gasteiger partial charge in [0.2, 0.25) is 5.91 Å². The van der Waals surface area contributed by atoms with E-state index in [2.05, 4.69) is 10.6 Å². The van der Waals surface area contributed by atoms with Gasteiger partial charge in [0.05, 0.1) is 12.5 Å². The quantitative estimate of drug-likeness (QED) is 0.768. The van der Waals surface area contributed by atoms with Gasteiger partial charge in [0.15, 0.2) is 0 Å². The van der Waals surface area contributed by atoms with E-state index in [1.54, 1.807) is 12.0 Å². The fraction of sp³-hybridized carbons (Fsp3) is 0.556. The average Bonchev–Trinajstić information content (AvgIpc) is 3.18. The molecule has 2 N–H and O–H groups in total. The Kier molecular flexibility index (Phi) is 5.13. The number of hydrogen-bond donors (Lipinski definition) is 2. The van der Waals surface area contributed by atoms with E-state index in [0.717, 1.165) is 17.7 Å². The second kappa shape index (κ2) is 7.31. The van der Waals surface area contributed by atoms with Gasteiger partial charge < -0.3 is 25.0 Å². The Morgan fingerprint density at radius 2 is 2.28 bits per heavy atom. The van der Waals surface area contributed by atoms with Crippen molar-refractivity contribution in [2.24, 2.45) is 0 Å². The van der Waals surface area contributed by atoms with Crippen LogP contribution in [0, 0.1) is 0 Å². The van der Waals surface area contributed by atoms with E-state index in [0.29, 0.717) is 45.0 Å². The van der Waals surface area contributed by atoms with E-state index in [-0.39, 0.29) is 11.9 Å². The van der Waals surface area contributed by atoms with Gasteiger partial charge in [-0.2, -0.15) is 0 Å². The molecule has 0 bridgehead atoms. The summed E-state index contributed by atoms with van der Waals surface area (Å²) in [5.41, 5.74) is 1.06. The van der Waals surface area contributed by atoms with Crippen molar-refractivity contribution in [2.75, 3.05) is 45.3 Å². The fourth-order valence-electron chi connectivity index (χ4n) is 3.53. The molecule has 2 aliphatic heterocycles. The summed E-state index contributed by atoms with van der Waals surface area (Å²) in [6, 6.07) is 5.46. The summed E-state index contributed by atoms with van der Waals surface area (Å²) in [6.45, 7) is 4.77. The first-order chi connectivity index (χ1) is 12.1. The number of ether oxygens (including phenoxy) is 2. The number of carbonyl (C=O) groups is 2. The second-order valence-corrected chi connectivity index (χ2v) is 6.40. The third-order valence-electron chi connectivity index (χ3n) is 4.93. The van der Waals surface area contributed by atoms with Crippen LogP contribution in [0.2, 0.25) is 0 Å². The molecule has 0 saturated carbocycles. The van der Waals surface area contributed by atoms with Gasteiger partial charge >= 0.3 is 6.03 Å². The molecule has 1 aromatic carbocycles. The van der Waals surface area contributed by atoms with Crippen LogP contribution >= 0.6 is 0 Å². The zero-order valence-electron chi connectivity index (χ0n) is 14.8. The van der Waals surface area contributed by atoms with E-state index in [4.69, 9.17) is 9.47 Å². The number of amides is 3. The Hall–Kier alpha value is -2.28. The summed E-state index contributed by atoms with van der Waals surface area (Å²) in [5.74, 6) is 0.677. The summed E-state index contributed by atoms with van der Waals surface area (Å²) in [7, 11) is 1.61. The minimum absolute atomic E-state index is 0.0394. The molecule has 0 radical (unpaired) electrons. The number of nitrogens with zero attached hydrogens (tertiary/aromatic N) is 1. The monoisotopic (exact) mass is 347 g/mol. The van der Waals surface area contributed by atoms with Crippen molar-refractivity contribution in [2.45, 2.75) is 25.2 Å². The maximum Gasteiger partial charge on any atom is 0.317 e. The van der Waals surface area contributed by atoms with Crippen molar-refractivity contribution in [3.63, 3.8) is 0 Å². The van der Waals surface area contributed by atoms with E-state index in [9.17, 15) is 9.59 Å². The Morgan fingerprint density at radius 1 is 1.44 bits per heavy atom. The number of benzene rings is 1. The highest BCUT2D eigenvalue weighted by Gasteiger charge is 2.52.